The lowest BCUT2D eigenvalue weighted by atomic mass is 9.56. The quantitative estimate of drug-likeness (QED) is 0.439. The van der Waals surface area contributed by atoms with Gasteiger partial charge in [-0.25, -0.2) is 0 Å². The molecular formula is C28H32O8. The SMILES string of the molecule is CCCCC(=O)Cc1ccc2c(c1O)C(=O)C1=C(O)C3(O)C(=O)C(C(C)=O)=C(C)CC3C(O)C1C2C. The van der Waals surface area contributed by atoms with Crippen LogP contribution in [0.15, 0.2) is 34.6 Å². The minimum absolute atomic E-state index is 0.00993. The van der Waals surface area contributed by atoms with Gasteiger partial charge in [0.1, 0.15) is 17.3 Å². The number of hydrogen-bond acceptors (Lipinski definition) is 8. The van der Waals surface area contributed by atoms with E-state index in [9.17, 15) is 39.6 Å². The van der Waals surface area contributed by atoms with Gasteiger partial charge < -0.3 is 20.4 Å². The maximum absolute atomic E-state index is 13.7. The second kappa shape index (κ2) is 9.09. The Bertz CT molecular complexity index is 1250. The summed E-state index contributed by atoms with van der Waals surface area (Å²) in [6.45, 7) is 6.45. The first-order valence-electron chi connectivity index (χ1n) is 12.4. The molecule has 3 aliphatic carbocycles. The summed E-state index contributed by atoms with van der Waals surface area (Å²) in [4.78, 5) is 51.5. The van der Waals surface area contributed by atoms with Gasteiger partial charge in [0.25, 0.3) is 0 Å². The first-order chi connectivity index (χ1) is 16.9. The summed E-state index contributed by atoms with van der Waals surface area (Å²) in [7, 11) is 0. The molecule has 0 aromatic heterocycles. The lowest BCUT2D eigenvalue weighted by Gasteiger charge is -2.50. The average Bonchev–Trinajstić information content (AvgIpc) is 2.81. The number of carbonyl (C=O) groups is 4. The van der Waals surface area contributed by atoms with E-state index in [1.807, 2.05) is 6.92 Å². The summed E-state index contributed by atoms with van der Waals surface area (Å²) in [5, 5.41) is 45.1. The second-order valence-electron chi connectivity index (χ2n) is 10.4. The molecule has 0 aliphatic heterocycles. The van der Waals surface area contributed by atoms with Gasteiger partial charge in [0.2, 0.25) is 5.78 Å². The summed E-state index contributed by atoms with van der Waals surface area (Å²) in [6.07, 6.45) is 0.457. The normalized spacial score (nSPS) is 29.6. The van der Waals surface area contributed by atoms with Gasteiger partial charge in [-0.2, -0.15) is 0 Å². The van der Waals surface area contributed by atoms with Crippen molar-refractivity contribution in [2.75, 3.05) is 0 Å². The van der Waals surface area contributed by atoms with Crippen LogP contribution in [-0.2, 0) is 20.8 Å². The maximum atomic E-state index is 13.7. The average molecular weight is 497 g/mol. The highest BCUT2D eigenvalue weighted by Crippen LogP contribution is 2.55. The van der Waals surface area contributed by atoms with Crippen molar-refractivity contribution < 1.29 is 39.6 Å². The predicted octanol–water partition coefficient (Wildman–Crippen LogP) is 3.02. The topological polar surface area (TPSA) is 149 Å². The van der Waals surface area contributed by atoms with Crippen molar-refractivity contribution in [2.24, 2.45) is 11.8 Å². The van der Waals surface area contributed by atoms with Crippen molar-refractivity contribution in [3.8, 4) is 5.75 Å². The lowest BCUT2D eigenvalue weighted by Crippen LogP contribution is -2.62. The minimum atomic E-state index is -2.64. The molecule has 4 rings (SSSR count). The molecule has 1 aromatic rings. The van der Waals surface area contributed by atoms with Crippen molar-refractivity contribution in [1.82, 2.24) is 0 Å². The van der Waals surface area contributed by atoms with Crippen LogP contribution in [0.2, 0.25) is 0 Å². The predicted molar refractivity (Wildman–Crippen MR) is 130 cm³/mol. The number of phenolic OH excluding ortho intramolecular Hbond substituents is 1. The molecule has 0 spiro atoms. The van der Waals surface area contributed by atoms with Crippen LogP contribution in [0, 0.1) is 11.8 Å². The van der Waals surface area contributed by atoms with E-state index < -0.39 is 52.6 Å². The highest BCUT2D eigenvalue weighted by molar-refractivity contribution is 6.25. The standard InChI is InChI=1S/C28H32O8/c1-5-6-7-16(30)11-15-8-9-17-13(3)20-22(25(33)21(17)23(15)31)27(35)28(36)18(24(20)32)10-12(2)19(14(4)29)26(28)34/h8-9,13,18,20,24,31-32,35-36H,5-7,10-11H2,1-4H3. The number of aromatic hydroxyl groups is 1. The van der Waals surface area contributed by atoms with E-state index in [-0.39, 0.29) is 46.6 Å². The molecule has 3 aliphatic rings. The van der Waals surface area contributed by atoms with Crippen molar-refractivity contribution in [3.05, 3.63) is 51.3 Å². The Morgan fingerprint density at radius 3 is 2.44 bits per heavy atom. The fourth-order valence-electron chi connectivity index (χ4n) is 6.25. The van der Waals surface area contributed by atoms with Crippen molar-refractivity contribution in [3.63, 3.8) is 0 Å². The van der Waals surface area contributed by atoms with E-state index in [2.05, 4.69) is 0 Å². The van der Waals surface area contributed by atoms with Gasteiger partial charge in [0.05, 0.1) is 17.2 Å². The number of fused-ring (bicyclic) bond motifs is 3. The monoisotopic (exact) mass is 496 g/mol. The number of Topliss-reactive ketones (excluding diaryl/α,β-unsaturated/α-hetero) is 4. The molecule has 0 saturated heterocycles. The van der Waals surface area contributed by atoms with E-state index in [4.69, 9.17) is 0 Å². The van der Waals surface area contributed by atoms with Crippen LogP contribution in [0.3, 0.4) is 0 Å². The molecule has 0 radical (unpaired) electrons. The number of phenols is 1. The van der Waals surface area contributed by atoms with Crippen LogP contribution in [0.5, 0.6) is 5.75 Å². The Labute approximate surface area is 209 Å². The number of benzene rings is 1. The summed E-state index contributed by atoms with van der Waals surface area (Å²) in [5.41, 5.74) is -2.22. The van der Waals surface area contributed by atoms with Crippen molar-refractivity contribution >= 4 is 23.1 Å². The molecule has 0 bridgehead atoms. The van der Waals surface area contributed by atoms with E-state index >= 15 is 0 Å². The Morgan fingerprint density at radius 2 is 1.83 bits per heavy atom. The smallest absolute Gasteiger partial charge is 0.206 e. The molecule has 0 amide bonds. The third-order valence-electron chi connectivity index (χ3n) is 8.14. The number of aliphatic hydroxyl groups is 3. The summed E-state index contributed by atoms with van der Waals surface area (Å²) >= 11 is 0. The van der Waals surface area contributed by atoms with E-state index in [1.165, 1.54) is 6.92 Å². The summed E-state index contributed by atoms with van der Waals surface area (Å²) in [6, 6.07) is 3.24. The number of hydrogen-bond donors (Lipinski definition) is 4. The number of allylic oxidation sites excluding steroid dienone is 1. The molecule has 5 unspecified atom stereocenters. The minimum Gasteiger partial charge on any atom is -0.508 e. The molecule has 0 saturated carbocycles. The second-order valence-corrected chi connectivity index (χ2v) is 10.4. The molecule has 0 heterocycles. The highest BCUT2D eigenvalue weighted by Gasteiger charge is 2.63. The first-order valence-corrected chi connectivity index (χ1v) is 12.4. The third-order valence-corrected chi connectivity index (χ3v) is 8.14. The fraction of sp³-hybridized carbons (Fsp3) is 0.500. The van der Waals surface area contributed by atoms with E-state index in [1.54, 1.807) is 26.0 Å². The number of ketones is 4. The van der Waals surface area contributed by atoms with Gasteiger partial charge in [0, 0.05) is 35.8 Å². The largest absolute Gasteiger partial charge is 0.508 e. The molecular weight excluding hydrogens is 464 g/mol. The van der Waals surface area contributed by atoms with Crippen LogP contribution in [0.1, 0.15) is 80.8 Å². The third kappa shape index (κ3) is 3.58. The van der Waals surface area contributed by atoms with Crippen LogP contribution in [0.25, 0.3) is 0 Å². The van der Waals surface area contributed by atoms with E-state index in [0.29, 0.717) is 24.0 Å². The number of aliphatic hydroxyl groups excluding tert-OH is 2. The van der Waals surface area contributed by atoms with Gasteiger partial charge in [-0.05, 0) is 38.2 Å². The Hall–Kier alpha value is -3.10. The lowest BCUT2D eigenvalue weighted by molar-refractivity contribution is -0.153. The zero-order valence-corrected chi connectivity index (χ0v) is 20.9. The molecule has 1 aromatic carbocycles. The van der Waals surface area contributed by atoms with Crippen LogP contribution >= 0.6 is 0 Å². The zero-order chi connectivity index (χ0) is 26.7. The molecule has 5 atom stereocenters. The van der Waals surface area contributed by atoms with Gasteiger partial charge in [-0.15, -0.1) is 0 Å². The summed E-state index contributed by atoms with van der Waals surface area (Å²) < 4.78 is 0. The number of unbranched alkanes of at least 4 members (excludes halogenated alkanes) is 1. The zero-order valence-electron chi connectivity index (χ0n) is 20.9. The Morgan fingerprint density at radius 1 is 1.17 bits per heavy atom. The molecule has 4 N–H and O–H groups in total. The molecule has 192 valence electrons. The van der Waals surface area contributed by atoms with Gasteiger partial charge in [-0.1, -0.05) is 38.0 Å². The number of carbonyl (C=O) groups excluding carboxylic acids is 4. The van der Waals surface area contributed by atoms with Crippen molar-refractivity contribution in [2.45, 2.75) is 77.4 Å². The molecule has 8 heteroatoms. The highest BCUT2D eigenvalue weighted by atomic mass is 16.4. The van der Waals surface area contributed by atoms with Crippen LogP contribution < -0.4 is 0 Å². The van der Waals surface area contributed by atoms with Crippen LogP contribution in [0.4, 0.5) is 0 Å². The van der Waals surface area contributed by atoms with Crippen molar-refractivity contribution in [1.29, 1.82) is 0 Å². The maximum Gasteiger partial charge on any atom is 0.206 e. The van der Waals surface area contributed by atoms with Crippen LogP contribution in [-0.4, -0.2) is 55.3 Å². The Kier molecular flexibility index (Phi) is 6.56. The molecule has 0 fully saturated rings. The molecule has 36 heavy (non-hydrogen) atoms. The number of rotatable bonds is 6. The fourth-order valence-corrected chi connectivity index (χ4v) is 6.25. The van der Waals surface area contributed by atoms with E-state index in [0.717, 1.165) is 6.42 Å². The molecule has 8 nitrogen and oxygen atoms in total. The summed E-state index contributed by atoms with van der Waals surface area (Å²) in [5.74, 6) is -6.44. The first kappa shape index (κ1) is 26.0. The van der Waals surface area contributed by atoms with Gasteiger partial charge >= 0.3 is 0 Å². The Balaban J connectivity index is 1.86. The van der Waals surface area contributed by atoms with Gasteiger partial charge in [0.15, 0.2) is 17.2 Å². The van der Waals surface area contributed by atoms with Gasteiger partial charge in [-0.3, -0.25) is 19.2 Å².